The molecule has 0 spiro atoms. The summed E-state index contributed by atoms with van der Waals surface area (Å²) in [5.41, 5.74) is 6.96. The highest BCUT2D eigenvalue weighted by Gasteiger charge is 2.52. The topological polar surface area (TPSA) is 18.5 Å². The molecular weight excluding hydrogens is 551 g/mol. The third kappa shape index (κ3) is 4.07. The van der Waals surface area contributed by atoms with Gasteiger partial charge in [0.1, 0.15) is 0 Å². The molecule has 4 aromatic carbocycles. The molecule has 5 heteroatoms. The monoisotopic (exact) mass is 576 g/mol. The number of aryl methyl sites for hydroxylation is 1. The molecule has 0 aromatic heterocycles. The first kappa shape index (κ1) is 23.8. The summed E-state index contributed by atoms with van der Waals surface area (Å²) in [4.78, 5) is 0. The Morgan fingerprint density at radius 2 is 1.18 bits per heavy atom. The average molecular weight is 578 g/mol. The van der Waals surface area contributed by atoms with Crippen LogP contribution in [0.25, 0.3) is 33.0 Å². The zero-order valence-electron chi connectivity index (χ0n) is 20.1. The van der Waals surface area contributed by atoms with Gasteiger partial charge in [0, 0.05) is 8.95 Å². The van der Waals surface area contributed by atoms with Crippen molar-refractivity contribution in [2.75, 3.05) is 0 Å². The number of hydrogen-bond donors (Lipinski definition) is 0. The summed E-state index contributed by atoms with van der Waals surface area (Å²) in [6, 6.07) is 25.7. The smallest absolute Gasteiger partial charge is 0.399 e. The zero-order chi connectivity index (χ0) is 24.3. The van der Waals surface area contributed by atoms with Crippen molar-refractivity contribution in [1.82, 2.24) is 0 Å². The molecule has 0 radical (unpaired) electrons. The molecule has 0 unspecified atom stereocenters. The van der Waals surface area contributed by atoms with E-state index in [4.69, 9.17) is 9.31 Å². The molecule has 0 atom stereocenters. The lowest BCUT2D eigenvalue weighted by atomic mass is 9.75. The van der Waals surface area contributed by atoms with E-state index in [2.05, 4.69) is 133 Å². The van der Waals surface area contributed by atoms with Crippen LogP contribution in [0.5, 0.6) is 0 Å². The van der Waals surface area contributed by atoms with Crippen molar-refractivity contribution in [2.24, 2.45) is 0 Å². The third-order valence-corrected chi connectivity index (χ3v) is 8.01. The van der Waals surface area contributed by atoms with Gasteiger partial charge in [0.2, 0.25) is 0 Å². The number of halogens is 2. The quantitative estimate of drug-likeness (QED) is 0.187. The molecule has 1 heterocycles. The lowest BCUT2D eigenvalue weighted by Gasteiger charge is -2.32. The molecule has 1 aliphatic heterocycles. The zero-order valence-corrected chi connectivity index (χ0v) is 23.2. The Morgan fingerprint density at radius 3 is 1.74 bits per heavy atom. The van der Waals surface area contributed by atoms with Gasteiger partial charge in [-0.3, -0.25) is 0 Å². The van der Waals surface area contributed by atoms with Crippen LogP contribution in [0.15, 0.2) is 81.7 Å². The van der Waals surface area contributed by atoms with E-state index in [1.165, 1.54) is 38.6 Å². The van der Waals surface area contributed by atoms with E-state index in [-0.39, 0.29) is 18.3 Å². The van der Waals surface area contributed by atoms with Gasteiger partial charge in [-0.15, -0.1) is 0 Å². The van der Waals surface area contributed by atoms with Crippen LogP contribution < -0.4 is 5.46 Å². The van der Waals surface area contributed by atoms with Crippen LogP contribution in [0.1, 0.15) is 33.3 Å². The van der Waals surface area contributed by atoms with Crippen LogP contribution in [-0.4, -0.2) is 18.3 Å². The lowest BCUT2D eigenvalue weighted by Crippen LogP contribution is -2.41. The van der Waals surface area contributed by atoms with E-state index in [0.29, 0.717) is 0 Å². The second-order valence-electron chi connectivity index (χ2n) is 10.0. The molecular formula is C29H27BBr2O2. The summed E-state index contributed by atoms with van der Waals surface area (Å²) in [7, 11) is -0.335. The first-order valence-corrected chi connectivity index (χ1v) is 13.1. The molecule has 34 heavy (non-hydrogen) atoms. The molecule has 4 aromatic rings. The van der Waals surface area contributed by atoms with E-state index < -0.39 is 0 Å². The van der Waals surface area contributed by atoms with Gasteiger partial charge in [-0.1, -0.05) is 86.5 Å². The summed E-state index contributed by atoms with van der Waals surface area (Å²) in [6.45, 7) is 10.5. The molecule has 2 nitrogen and oxygen atoms in total. The second kappa shape index (κ2) is 8.63. The van der Waals surface area contributed by atoms with Crippen molar-refractivity contribution < 1.29 is 9.31 Å². The van der Waals surface area contributed by atoms with Gasteiger partial charge in [0.25, 0.3) is 0 Å². The normalized spacial score (nSPS) is 16.9. The minimum Gasteiger partial charge on any atom is -0.399 e. The molecule has 1 saturated heterocycles. The van der Waals surface area contributed by atoms with Crippen molar-refractivity contribution in [3.63, 3.8) is 0 Å². The highest BCUT2D eigenvalue weighted by molar-refractivity contribution is 9.11. The molecule has 2 aliphatic rings. The van der Waals surface area contributed by atoms with Crippen molar-refractivity contribution in [3.05, 3.63) is 87.3 Å². The van der Waals surface area contributed by atoms with Gasteiger partial charge in [-0.05, 0) is 96.9 Å². The fourth-order valence-corrected chi connectivity index (χ4v) is 6.22. The highest BCUT2D eigenvalue weighted by Crippen LogP contribution is 2.47. The van der Waals surface area contributed by atoms with E-state index in [1.54, 1.807) is 0 Å². The Balaban J connectivity index is 0.000000227. The Bertz CT molecular complexity index is 1320. The summed E-state index contributed by atoms with van der Waals surface area (Å²) in [5.74, 6) is 0. The summed E-state index contributed by atoms with van der Waals surface area (Å²) >= 11 is 6.77. The number of hydrogen-bond acceptors (Lipinski definition) is 2. The fourth-order valence-electron chi connectivity index (χ4n) is 4.70. The Labute approximate surface area is 219 Å². The predicted molar refractivity (Wildman–Crippen MR) is 151 cm³/mol. The minimum absolute atomic E-state index is 0.330. The third-order valence-electron chi connectivity index (χ3n) is 7.10. The van der Waals surface area contributed by atoms with Crippen molar-refractivity contribution in [2.45, 2.75) is 45.8 Å². The van der Waals surface area contributed by atoms with Crippen LogP contribution >= 0.6 is 31.9 Å². The van der Waals surface area contributed by atoms with Gasteiger partial charge in [0.05, 0.1) is 11.2 Å². The van der Waals surface area contributed by atoms with E-state index in [1.807, 2.05) is 6.07 Å². The second-order valence-corrected chi connectivity index (χ2v) is 11.8. The Morgan fingerprint density at radius 1 is 0.647 bits per heavy atom. The van der Waals surface area contributed by atoms with E-state index in [9.17, 15) is 0 Å². The standard InChI is InChI=1S/C22H21BO2.C7H6Br2/c1-21(2)22(3,4)25-23(24-21)19-13-12-17-15-9-6-5-8-14(15)16-10-7-11-18(19)20(16)17;1-5-2-6(8)4-7(9)3-5/h5-13H,1-4H3;2-4H,1H3. The largest absolute Gasteiger partial charge is 0.495 e. The van der Waals surface area contributed by atoms with Crippen LogP contribution in [0, 0.1) is 6.92 Å². The van der Waals surface area contributed by atoms with Crippen LogP contribution in [-0.2, 0) is 9.31 Å². The molecule has 0 amide bonds. The molecule has 0 N–H and O–H groups in total. The number of fused-ring (bicyclic) bond motifs is 3. The maximum Gasteiger partial charge on any atom is 0.495 e. The van der Waals surface area contributed by atoms with Gasteiger partial charge in [0.15, 0.2) is 0 Å². The van der Waals surface area contributed by atoms with Crippen molar-refractivity contribution >= 4 is 55.2 Å². The minimum atomic E-state index is -0.335. The summed E-state index contributed by atoms with van der Waals surface area (Å²) < 4.78 is 14.9. The average Bonchev–Trinajstić information content (AvgIpc) is 3.19. The maximum atomic E-state index is 6.31. The van der Waals surface area contributed by atoms with Gasteiger partial charge in [-0.25, -0.2) is 0 Å². The Hall–Kier alpha value is -1.92. The fraction of sp³-hybridized carbons (Fsp3) is 0.241. The van der Waals surface area contributed by atoms with Gasteiger partial charge in [-0.2, -0.15) is 0 Å². The molecule has 6 rings (SSSR count). The van der Waals surface area contributed by atoms with Crippen LogP contribution in [0.4, 0.5) is 0 Å². The molecule has 1 aliphatic carbocycles. The predicted octanol–water partition coefficient (Wildman–Crippen LogP) is 8.31. The van der Waals surface area contributed by atoms with Gasteiger partial charge < -0.3 is 9.31 Å². The Kier molecular flexibility index (Phi) is 6.05. The molecule has 172 valence electrons. The number of rotatable bonds is 1. The van der Waals surface area contributed by atoms with E-state index >= 15 is 0 Å². The maximum absolute atomic E-state index is 6.31. The lowest BCUT2D eigenvalue weighted by molar-refractivity contribution is 0.00578. The highest BCUT2D eigenvalue weighted by atomic mass is 79.9. The van der Waals surface area contributed by atoms with Crippen LogP contribution in [0.3, 0.4) is 0 Å². The molecule has 0 saturated carbocycles. The van der Waals surface area contributed by atoms with Crippen molar-refractivity contribution in [1.29, 1.82) is 0 Å². The van der Waals surface area contributed by atoms with Gasteiger partial charge >= 0.3 is 7.12 Å². The SMILES string of the molecule is CC1(C)OB(c2ccc3c4c(cccc24)-c2ccccc2-3)OC1(C)C.Cc1cc(Br)cc(Br)c1. The summed E-state index contributed by atoms with van der Waals surface area (Å²) in [5, 5.41) is 2.54. The molecule has 1 fully saturated rings. The number of benzene rings is 4. The van der Waals surface area contributed by atoms with E-state index in [0.717, 1.165) is 14.4 Å². The molecule has 0 bridgehead atoms. The summed E-state index contributed by atoms with van der Waals surface area (Å²) in [6.07, 6.45) is 0. The first-order valence-electron chi connectivity index (χ1n) is 11.5. The first-order chi connectivity index (χ1) is 16.1. The van der Waals surface area contributed by atoms with Crippen molar-refractivity contribution in [3.8, 4) is 22.3 Å². The van der Waals surface area contributed by atoms with Crippen LogP contribution in [0.2, 0.25) is 0 Å².